The first-order valence-corrected chi connectivity index (χ1v) is 64.9. The Morgan fingerprint density at radius 3 is 0.870 bits per heavy atom. The Morgan fingerprint density at radius 2 is 0.536 bits per heavy atom. The zero-order chi connectivity index (χ0) is 98.2. The lowest BCUT2D eigenvalue weighted by Crippen LogP contribution is -2.19. The van der Waals surface area contributed by atoms with E-state index < -0.39 is 0 Å². The molecule has 8 nitrogen and oxygen atoms in total. The van der Waals surface area contributed by atoms with E-state index in [-0.39, 0.29) is 29.9 Å². The normalized spacial score (nSPS) is 20.5. The van der Waals surface area contributed by atoms with E-state index in [9.17, 15) is 25.5 Å². The molecule has 9 aliphatic rings. The monoisotopic (exact) mass is 2030 g/mol. The predicted molar refractivity (Wildman–Crippen MR) is 613 cm³/mol. The maximum absolute atomic E-state index is 9.81. The Bertz CT molecular complexity index is 5650. The van der Waals surface area contributed by atoms with Crippen molar-refractivity contribution >= 4 is 130 Å². The van der Waals surface area contributed by atoms with Gasteiger partial charge in [-0.25, -0.2) is 0 Å². The lowest BCUT2D eigenvalue weighted by atomic mass is 10.1. The molecule has 0 saturated carbocycles. The highest BCUT2D eigenvalue weighted by atomic mass is 32.2. The zero-order valence-electron chi connectivity index (χ0n) is 85.5. The largest absolute Gasteiger partial charge is 0.508 e. The first-order valence-electron chi connectivity index (χ1n) is 51.3. The Morgan fingerprint density at radius 1 is 0.246 bits per heavy atom. The number of aromatic hydroxyl groups is 6. The van der Waals surface area contributed by atoms with Crippen molar-refractivity contribution in [2.45, 2.75) is 311 Å². The van der Waals surface area contributed by atoms with Crippen molar-refractivity contribution in [1.82, 2.24) is 0 Å². The molecule has 12 aromatic rings. The van der Waals surface area contributed by atoms with Gasteiger partial charge < -0.3 is 40.9 Å². The number of aryl methyl sites for hydroxylation is 11. The minimum absolute atomic E-state index is 0.0385. The summed E-state index contributed by atoms with van der Waals surface area (Å²) < 4.78 is 0. The highest BCUT2D eigenvalue weighted by Gasteiger charge is 2.43. The fourth-order valence-electron chi connectivity index (χ4n) is 20.8. The molecule has 6 atom stereocenters. The number of fused-ring (bicyclic) bond motifs is 3. The summed E-state index contributed by atoms with van der Waals surface area (Å²) in [4.78, 5) is 13.3. The van der Waals surface area contributed by atoms with Gasteiger partial charge in [-0.3, -0.25) is 0 Å². The third kappa shape index (κ3) is 28.5. The Balaban J connectivity index is 0.000000131. The van der Waals surface area contributed by atoms with Gasteiger partial charge in [0.1, 0.15) is 136 Å². The molecule has 17 heteroatoms. The number of rotatable bonds is 13. The second kappa shape index (κ2) is 53.2. The van der Waals surface area contributed by atoms with Crippen LogP contribution in [0, 0.1) is 76.2 Å². The van der Waals surface area contributed by atoms with Crippen LogP contribution in [0.25, 0.3) is 32.3 Å². The molecule has 9 aliphatic heterocycles. The third-order valence-electron chi connectivity index (χ3n) is 28.8. The Labute approximate surface area is 855 Å². The molecule has 9 heterocycles. The molecule has 6 unspecified atom stereocenters. The van der Waals surface area contributed by atoms with E-state index >= 15 is 0 Å². The molecule has 9 fully saturated rings. The first kappa shape index (κ1) is 109. The van der Waals surface area contributed by atoms with E-state index in [4.69, 9.17) is 15.3 Å². The molecule has 0 bridgehead atoms. The van der Waals surface area contributed by atoms with Gasteiger partial charge in [-0.05, 0) is 405 Å². The summed E-state index contributed by atoms with van der Waals surface area (Å²) in [5.41, 5.74) is 13.5. The summed E-state index contributed by atoms with van der Waals surface area (Å²) in [6, 6.07) is 69.6. The summed E-state index contributed by atoms with van der Waals surface area (Å²) in [5, 5.41) is 88.3. The van der Waals surface area contributed by atoms with Crippen molar-refractivity contribution in [1.29, 1.82) is 0 Å². The maximum atomic E-state index is 9.81. The molecule has 0 spiro atoms. The number of hydrogen-bond acceptors (Lipinski definition) is 8. The predicted octanol–water partition coefficient (Wildman–Crippen LogP) is 28.5. The third-order valence-corrected chi connectivity index (χ3v) is 52.5. The van der Waals surface area contributed by atoms with Gasteiger partial charge in [-0.15, -0.1) is 0 Å². The van der Waals surface area contributed by atoms with Gasteiger partial charge in [0.05, 0.1) is 13.2 Å². The smallest absolute Gasteiger partial charge is 0.162 e. The van der Waals surface area contributed by atoms with E-state index in [0.29, 0.717) is 127 Å². The molecular weight excluding hydrogens is 1870 g/mol. The van der Waals surface area contributed by atoms with E-state index in [1.807, 2.05) is 67.5 Å². The summed E-state index contributed by atoms with van der Waals surface area (Å²) in [7, 11) is 4.02. The molecule has 0 aliphatic carbocycles. The highest BCUT2D eigenvalue weighted by molar-refractivity contribution is 8.00. The number of benzene rings is 12. The molecule has 0 amide bonds. The fraction of sp³-hybridized carbons (Fsp3) is 0.455. The standard InChI is InChI=1S/C18H23S.2C15H17S.C14H20OS.C13H18OS.C12H16O3S.2C12H16OS.C10H12OS/c1-3-7-15-8-6-13-19(15)18-12-11-14(2)16-9-4-5-10-17(16)18;2*1-12-8-9-15(16-10-4-5-11-16)14-7-3-2-6-13(12)14;1-9-7-13(8-10(2)14(9)15)16-11(3)5-6-12(16)4;1-9-7-12(8-10(2)13(9)14)15-6-4-5-11(15)3;13-7-9-5-11(16-3-1-2-4-16)6-10(8-14)12(9)15;2*1-9-7-11(8-10(2)12(9)13)14-5-3-4-6-14;11-9-3-5-10(6-4-9)12-7-1-2-8-12/h4-5,9-12,15H,3,6-8,13H2,1-2H3;2*2-3,6-9H,4-5,10-11H2,1H3;7-8,11-12H,5-6H2,1-4H3;7-8,11H,4-6H2,1-3H3;5-6,13-14H,1-4,7-8H2;2*7-8H,3-6H2,1-2H3;3-6H,1-2,7-8H2/q3*+1;;;;;;/p+6. The highest BCUT2D eigenvalue weighted by Crippen LogP contribution is 2.43. The second-order valence-corrected chi connectivity index (χ2v) is 60.6. The van der Waals surface area contributed by atoms with Crippen LogP contribution in [0.5, 0.6) is 34.5 Å². The van der Waals surface area contributed by atoms with Gasteiger partial charge in [-0.1, -0.05) is 86.1 Å². The van der Waals surface area contributed by atoms with Crippen LogP contribution < -0.4 is 0 Å². The summed E-state index contributed by atoms with van der Waals surface area (Å²) in [6.07, 6.45) is 27.5. The lowest BCUT2D eigenvalue weighted by molar-refractivity contribution is 0.263. The van der Waals surface area contributed by atoms with Gasteiger partial charge in [-0.2, -0.15) is 0 Å². The van der Waals surface area contributed by atoms with Gasteiger partial charge in [0.15, 0.2) is 44.1 Å². The number of hydrogen-bond donors (Lipinski definition) is 8. The van der Waals surface area contributed by atoms with Gasteiger partial charge in [0, 0.05) is 137 Å². The van der Waals surface area contributed by atoms with Crippen molar-refractivity contribution in [2.24, 2.45) is 0 Å². The van der Waals surface area contributed by atoms with Crippen molar-refractivity contribution in [3.05, 3.63) is 266 Å². The quantitative estimate of drug-likeness (QED) is 0.0529. The zero-order valence-corrected chi connectivity index (χ0v) is 92.8. The van der Waals surface area contributed by atoms with Crippen molar-refractivity contribution < 1.29 is 40.9 Å². The van der Waals surface area contributed by atoms with Gasteiger partial charge in [0.2, 0.25) is 0 Å². The van der Waals surface area contributed by atoms with Crippen molar-refractivity contribution in [2.75, 3.05) is 80.5 Å². The molecular formula is C121H161O8S9+9. The molecule has 0 radical (unpaired) electrons. The summed E-state index contributed by atoms with van der Waals surface area (Å²) >= 11 is 0. The number of phenols is 6. The minimum atomic E-state index is -0.177. The average Bonchev–Trinajstić information content (AvgIpc) is 1.55. The van der Waals surface area contributed by atoms with E-state index in [2.05, 4.69) is 218 Å². The van der Waals surface area contributed by atoms with Crippen LogP contribution in [-0.2, 0) is 111 Å². The molecule has 738 valence electrons. The Kier molecular flexibility index (Phi) is 41.9. The van der Waals surface area contributed by atoms with Crippen LogP contribution in [0.15, 0.2) is 238 Å². The van der Waals surface area contributed by atoms with Crippen LogP contribution in [-0.4, -0.2) is 142 Å². The van der Waals surface area contributed by atoms with Crippen LogP contribution in [0.3, 0.4) is 0 Å². The van der Waals surface area contributed by atoms with Crippen LogP contribution in [0.4, 0.5) is 0 Å². The number of aliphatic hydroxyl groups excluding tert-OH is 2. The molecule has 9 saturated heterocycles. The molecule has 0 aromatic heterocycles. The SMILES string of the molecule is CCCC1CCC[S+]1c1ccc(C)c2ccccc12.Cc1cc([S+]2C(C)CCC2C)cc(C)c1O.Cc1cc([S+]2CCCC2)cc(C)c1O.Cc1cc([S+]2CCCC2)cc(C)c1O.Cc1cc([S+]2CCCC2C)cc(C)c1O.Cc1ccc([S+]2CCCC2)c2ccccc12.Cc1ccc([S+]2CCCC2)c2ccccc12.OCc1cc([S+]2CCCC2)cc(CO)c1O.Oc1ccc([S+]2CCCC2)cc1. The van der Waals surface area contributed by atoms with Crippen molar-refractivity contribution in [3.8, 4) is 34.5 Å². The second-order valence-electron chi connectivity index (χ2n) is 39.3. The van der Waals surface area contributed by atoms with Gasteiger partial charge in [0.25, 0.3) is 0 Å². The van der Waals surface area contributed by atoms with Crippen molar-refractivity contribution in [3.63, 3.8) is 0 Å². The van der Waals surface area contributed by atoms with Crippen LogP contribution in [0.2, 0.25) is 0 Å². The van der Waals surface area contributed by atoms with Crippen LogP contribution in [0.1, 0.15) is 228 Å². The van der Waals surface area contributed by atoms with E-state index in [1.165, 1.54) is 287 Å². The Hall–Kier alpha value is -6.71. The first-order chi connectivity index (χ1) is 66.6. The topological polar surface area (TPSA) is 162 Å². The minimum Gasteiger partial charge on any atom is -0.508 e. The van der Waals surface area contributed by atoms with E-state index in [0.717, 1.165) is 65.5 Å². The molecule has 8 N–H and O–H groups in total. The number of aliphatic hydroxyl groups is 2. The van der Waals surface area contributed by atoms with Gasteiger partial charge >= 0.3 is 0 Å². The molecule has 12 aromatic carbocycles. The number of phenolic OH excluding ortho intramolecular Hbond substituents is 5. The maximum Gasteiger partial charge on any atom is 0.162 e. The average molecular weight is 2030 g/mol. The molecule has 21 rings (SSSR count). The summed E-state index contributed by atoms with van der Waals surface area (Å²) in [6.45, 7) is 31.7. The lowest BCUT2D eigenvalue weighted by Gasteiger charge is -2.13. The summed E-state index contributed by atoms with van der Waals surface area (Å²) in [5.74, 6) is 21.2. The van der Waals surface area contributed by atoms with E-state index in [1.54, 1.807) is 26.8 Å². The van der Waals surface area contributed by atoms with Crippen LogP contribution >= 0.6 is 0 Å². The fourth-order valence-corrected chi connectivity index (χ4v) is 44.4. The molecule has 138 heavy (non-hydrogen) atoms.